The molecule has 0 fully saturated rings. The number of aromatic hydroxyl groups is 1. The van der Waals surface area contributed by atoms with Gasteiger partial charge in [-0.15, -0.1) is 0 Å². The molecular formula is C15H10BrN3O3. The minimum absolute atomic E-state index is 0.0624. The van der Waals surface area contributed by atoms with Crippen LogP contribution in [0.4, 0.5) is 0 Å². The standard InChI is InChI=1S/C15H10BrN3O3/c16-11-7-9(10-3-1-5-17-13(10)14(11)20)8-18-19-15(21)12-4-2-6-22-12/h1-8,20H,(H,19,21)/b18-8-. The van der Waals surface area contributed by atoms with Crippen LogP contribution in [0.3, 0.4) is 0 Å². The van der Waals surface area contributed by atoms with Gasteiger partial charge < -0.3 is 9.52 Å². The smallest absolute Gasteiger partial charge is 0.307 e. The number of fused-ring (bicyclic) bond motifs is 1. The quantitative estimate of drug-likeness (QED) is 0.555. The third-order valence-corrected chi connectivity index (χ3v) is 3.57. The van der Waals surface area contributed by atoms with E-state index in [0.29, 0.717) is 15.6 Å². The van der Waals surface area contributed by atoms with Gasteiger partial charge in [0.25, 0.3) is 0 Å². The van der Waals surface area contributed by atoms with Crippen LogP contribution in [0.15, 0.2) is 56.8 Å². The Labute approximate surface area is 133 Å². The summed E-state index contributed by atoms with van der Waals surface area (Å²) in [6.45, 7) is 0. The molecule has 0 aliphatic rings. The van der Waals surface area contributed by atoms with Gasteiger partial charge in [-0.3, -0.25) is 9.78 Å². The van der Waals surface area contributed by atoms with E-state index < -0.39 is 5.91 Å². The van der Waals surface area contributed by atoms with Crippen molar-refractivity contribution in [1.29, 1.82) is 0 Å². The Hall–Kier alpha value is -2.67. The van der Waals surface area contributed by atoms with Crippen molar-refractivity contribution in [3.05, 3.63) is 58.6 Å². The molecule has 0 aliphatic carbocycles. The maximum atomic E-state index is 11.7. The zero-order valence-electron chi connectivity index (χ0n) is 11.2. The molecule has 7 heteroatoms. The highest BCUT2D eigenvalue weighted by Gasteiger charge is 2.10. The Morgan fingerprint density at radius 1 is 1.41 bits per heavy atom. The van der Waals surface area contributed by atoms with Gasteiger partial charge >= 0.3 is 5.91 Å². The number of furan rings is 1. The molecule has 110 valence electrons. The molecule has 2 N–H and O–H groups in total. The fourth-order valence-electron chi connectivity index (χ4n) is 1.95. The lowest BCUT2D eigenvalue weighted by atomic mass is 10.1. The molecule has 0 saturated carbocycles. The van der Waals surface area contributed by atoms with Crippen LogP contribution < -0.4 is 5.43 Å². The fourth-order valence-corrected chi connectivity index (χ4v) is 2.39. The topological polar surface area (TPSA) is 87.7 Å². The molecular weight excluding hydrogens is 350 g/mol. The normalized spacial score (nSPS) is 11.1. The number of hydrogen-bond donors (Lipinski definition) is 2. The summed E-state index contributed by atoms with van der Waals surface area (Å²) in [4.78, 5) is 15.8. The van der Waals surface area contributed by atoms with Crippen molar-refractivity contribution in [2.75, 3.05) is 0 Å². The lowest BCUT2D eigenvalue weighted by Gasteiger charge is -2.05. The number of rotatable bonds is 3. The molecule has 0 radical (unpaired) electrons. The highest BCUT2D eigenvalue weighted by molar-refractivity contribution is 9.10. The van der Waals surface area contributed by atoms with Crippen LogP contribution in [0.1, 0.15) is 16.1 Å². The van der Waals surface area contributed by atoms with Crippen LogP contribution in [0.5, 0.6) is 5.75 Å². The van der Waals surface area contributed by atoms with Crippen molar-refractivity contribution >= 4 is 39.0 Å². The molecule has 2 aromatic heterocycles. The third kappa shape index (κ3) is 2.71. The zero-order chi connectivity index (χ0) is 15.5. The minimum Gasteiger partial charge on any atom is -0.505 e. The van der Waals surface area contributed by atoms with E-state index in [9.17, 15) is 9.90 Å². The predicted octanol–water partition coefficient (Wildman–Crippen LogP) is 3.06. The maximum Gasteiger partial charge on any atom is 0.307 e. The van der Waals surface area contributed by atoms with Gasteiger partial charge in [-0.1, -0.05) is 6.07 Å². The van der Waals surface area contributed by atoms with E-state index in [4.69, 9.17) is 4.42 Å². The fraction of sp³-hybridized carbons (Fsp3) is 0. The van der Waals surface area contributed by atoms with Crippen molar-refractivity contribution in [3.63, 3.8) is 0 Å². The molecule has 0 atom stereocenters. The van der Waals surface area contributed by atoms with Crippen LogP contribution in [0.2, 0.25) is 0 Å². The number of carbonyl (C=O) groups excluding carboxylic acids is 1. The van der Waals surface area contributed by atoms with Crippen LogP contribution >= 0.6 is 15.9 Å². The van der Waals surface area contributed by atoms with Gasteiger partial charge in [-0.2, -0.15) is 5.10 Å². The highest BCUT2D eigenvalue weighted by Crippen LogP contribution is 2.32. The number of benzene rings is 1. The number of hydrogen-bond acceptors (Lipinski definition) is 5. The number of phenols is 1. The molecule has 0 bridgehead atoms. The highest BCUT2D eigenvalue weighted by atomic mass is 79.9. The first-order valence-corrected chi connectivity index (χ1v) is 7.09. The van der Waals surface area contributed by atoms with Gasteiger partial charge in [-0.25, -0.2) is 5.43 Å². The summed E-state index contributed by atoms with van der Waals surface area (Å²) in [6, 6.07) is 8.43. The third-order valence-electron chi connectivity index (χ3n) is 2.97. The summed E-state index contributed by atoms with van der Waals surface area (Å²) in [5, 5.41) is 14.6. The molecule has 0 unspecified atom stereocenters. The van der Waals surface area contributed by atoms with Crippen molar-refractivity contribution in [2.45, 2.75) is 0 Å². The second-order valence-corrected chi connectivity index (χ2v) is 5.23. The molecule has 22 heavy (non-hydrogen) atoms. The first-order valence-electron chi connectivity index (χ1n) is 6.30. The molecule has 3 aromatic rings. The summed E-state index contributed by atoms with van der Waals surface area (Å²) in [5.74, 6) is -0.204. The molecule has 0 spiro atoms. The van der Waals surface area contributed by atoms with E-state index in [-0.39, 0.29) is 11.5 Å². The molecule has 3 rings (SSSR count). The van der Waals surface area contributed by atoms with Gasteiger partial charge in [0.1, 0.15) is 5.52 Å². The van der Waals surface area contributed by atoms with Gasteiger partial charge in [0.15, 0.2) is 11.5 Å². The summed E-state index contributed by atoms with van der Waals surface area (Å²) >= 11 is 3.27. The first-order chi connectivity index (χ1) is 10.7. The van der Waals surface area contributed by atoms with E-state index in [2.05, 4.69) is 31.4 Å². The predicted molar refractivity (Wildman–Crippen MR) is 84.9 cm³/mol. The van der Waals surface area contributed by atoms with Gasteiger partial charge in [-0.05, 0) is 40.2 Å². The van der Waals surface area contributed by atoms with Crippen LogP contribution in [0.25, 0.3) is 10.9 Å². The maximum absolute atomic E-state index is 11.7. The molecule has 0 aliphatic heterocycles. The summed E-state index contributed by atoms with van der Waals surface area (Å²) in [7, 11) is 0. The molecule has 0 saturated heterocycles. The van der Waals surface area contributed by atoms with Gasteiger partial charge in [0.05, 0.1) is 17.0 Å². The SMILES string of the molecule is O=C(N/N=C\c1cc(Br)c(O)c2ncccc12)c1ccco1. The number of amides is 1. The number of hydrazone groups is 1. The first kappa shape index (κ1) is 14.3. The summed E-state index contributed by atoms with van der Waals surface area (Å²) in [6.07, 6.45) is 4.48. The van der Waals surface area contributed by atoms with E-state index >= 15 is 0 Å². The zero-order valence-corrected chi connectivity index (χ0v) is 12.7. The number of phenolic OH excluding ortho intramolecular Hbond substituents is 1. The van der Waals surface area contributed by atoms with Crippen LogP contribution in [-0.4, -0.2) is 22.2 Å². The molecule has 2 heterocycles. The van der Waals surface area contributed by atoms with Crippen molar-refractivity contribution in [1.82, 2.24) is 10.4 Å². The number of nitrogens with one attached hydrogen (secondary N) is 1. The van der Waals surface area contributed by atoms with E-state index in [1.54, 1.807) is 30.5 Å². The Morgan fingerprint density at radius 2 is 2.27 bits per heavy atom. The Kier molecular flexibility index (Phi) is 3.88. The van der Waals surface area contributed by atoms with Crippen molar-refractivity contribution < 1.29 is 14.3 Å². The Bertz CT molecular complexity index is 860. The number of nitrogens with zero attached hydrogens (tertiary/aromatic N) is 2. The minimum atomic E-state index is -0.443. The van der Waals surface area contributed by atoms with Crippen molar-refractivity contribution in [2.24, 2.45) is 5.10 Å². The molecule has 6 nitrogen and oxygen atoms in total. The van der Waals surface area contributed by atoms with Gasteiger partial charge in [0, 0.05) is 17.1 Å². The average Bonchev–Trinajstić information content (AvgIpc) is 3.06. The lowest BCUT2D eigenvalue weighted by molar-refractivity contribution is 0.0927. The monoisotopic (exact) mass is 359 g/mol. The van der Waals surface area contributed by atoms with E-state index in [1.165, 1.54) is 12.5 Å². The Balaban J connectivity index is 1.89. The number of pyridine rings is 1. The number of aromatic nitrogens is 1. The summed E-state index contributed by atoms with van der Waals surface area (Å²) < 4.78 is 5.46. The Morgan fingerprint density at radius 3 is 3.05 bits per heavy atom. The number of halogens is 1. The lowest BCUT2D eigenvalue weighted by Crippen LogP contribution is -2.16. The van der Waals surface area contributed by atoms with Gasteiger partial charge in [0.2, 0.25) is 0 Å². The summed E-state index contributed by atoms with van der Waals surface area (Å²) in [5.41, 5.74) is 3.53. The second-order valence-electron chi connectivity index (χ2n) is 4.37. The van der Waals surface area contributed by atoms with Crippen LogP contribution in [-0.2, 0) is 0 Å². The van der Waals surface area contributed by atoms with E-state index in [0.717, 1.165) is 5.39 Å². The molecule has 1 aromatic carbocycles. The average molecular weight is 360 g/mol. The second kappa shape index (κ2) is 5.98. The number of carbonyl (C=O) groups is 1. The largest absolute Gasteiger partial charge is 0.505 e. The van der Waals surface area contributed by atoms with E-state index in [1.807, 2.05) is 6.07 Å². The van der Waals surface area contributed by atoms with Crippen LogP contribution in [0, 0.1) is 0 Å². The van der Waals surface area contributed by atoms with Crippen molar-refractivity contribution in [3.8, 4) is 5.75 Å². The molecule has 1 amide bonds.